The van der Waals surface area contributed by atoms with Gasteiger partial charge < -0.3 is 9.84 Å². The molecule has 0 saturated carbocycles. The highest BCUT2D eigenvalue weighted by molar-refractivity contribution is 7.99. The van der Waals surface area contributed by atoms with Gasteiger partial charge in [0.25, 0.3) is 0 Å². The molecule has 0 spiro atoms. The number of hydrogen-bond donors (Lipinski definition) is 1. The first-order chi connectivity index (χ1) is 5.87. The van der Waals surface area contributed by atoms with Crippen LogP contribution < -0.4 is 0 Å². The Kier molecular flexibility index (Phi) is 2.63. The summed E-state index contributed by atoms with van der Waals surface area (Å²) in [6.45, 7) is 1.95. The van der Waals surface area contributed by atoms with Crippen molar-refractivity contribution in [2.75, 3.05) is 31.3 Å². The molecular weight excluding hydrogens is 172 g/mol. The molecule has 2 nitrogen and oxygen atoms in total. The third-order valence-electron chi connectivity index (χ3n) is 3.24. The zero-order valence-electron chi connectivity index (χ0n) is 7.29. The first-order valence-corrected chi connectivity index (χ1v) is 5.79. The maximum absolute atomic E-state index is 9.39. The van der Waals surface area contributed by atoms with Crippen molar-refractivity contribution in [2.24, 2.45) is 11.3 Å². The predicted molar refractivity (Wildman–Crippen MR) is 50.4 cm³/mol. The van der Waals surface area contributed by atoms with Crippen LogP contribution in [-0.4, -0.2) is 36.4 Å². The van der Waals surface area contributed by atoms with E-state index in [1.54, 1.807) is 0 Å². The van der Waals surface area contributed by atoms with Gasteiger partial charge in [0.15, 0.2) is 0 Å². The smallest absolute Gasteiger partial charge is 0.0548 e. The first-order valence-electron chi connectivity index (χ1n) is 4.64. The molecule has 0 aliphatic carbocycles. The highest BCUT2D eigenvalue weighted by Crippen LogP contribution is 2.43. The Labute approximate surface area is 77.7 Å². The maximum atomic E-state index is 9.39. The van der Waals surface area contributed by atoms with Gasteiger partial charge in [-0.2, -0.15) is 11.8 Å². The molecule has 3 heteroatoms. The molecule has 0 bridgehead atoms. The minimum absolute atomic E-state index is 0.128. The monoisotopic (exact) mass is 188 g/mol. The molecule has 2 fully saturated rings. The van der Waals surface area contributed by atoms with Crippen molar-refractivity contribution < 1.29 is 9.84 Å². The van der Waals surface area contributed by atoms with Crippen LogP contribution in [0, 0.1) is 11.3 Å². The molecule has 2 rings (SSSR count). The van der Waals surface area contributed by atoms with Crippen LogP contribution in [-0.2, 0) is 4.74 Å². The molecule has 2 atom stereocenters. The fourth-order valence-corrected chi connectivity index (χ4v) is 3.64. The lowest BCUT2D eigenvalue weighted by Crippen LogP contribution is -2.35. The average molecular weight is 188 g/mol. The lowest BCUT2D eigenvalue weighted by molar-refractivity contribution is 0.0529. The quantitative estimate of drug-likeness (QED) is 0.704. The molecule has 2 aliphatic heterocycles. The standard InChI is InChI=1S/C9H16O2S/c10-6-9(2-3-11-7-9)8-1-4-12-5-8/h8,10H,1-7H2. The lowest BCUT2D eigenvalue weighted by atomic mass is 9.75. The molecule has 2 unspecified atom stereocenters. The van der Waals surface area contributed by atoms with E-state index in [0.29, 0.717) is 12.5 Å². The summed E-state index contributed by atoms with van der Waals surface area (Å²) in [4.78, 5) is 0. The molecule has 70 valence electrons. The van der Waals surface area contributed by atoms with Gasteiger partial charge in [0.05, 0.1) is 13.2 Å². The second-order valence-electron chi connectivity index (χ2n) is 3.88. The van der Waals surface area contributed by atoms with E-state index >= 15 is 0 Å². The molecule has 0 aromatic carbocycles. The normalized spacial score (nSPS) is 42.2. The first kappa shape index (κ1) is 8.85. The van der Waals surface area contributed by atoms with E-state index in [1.165, 1.54) is 17.9 Å². The van der Waals surface area contributed by atoms with E-state index in [-0.39, 0.29) is 5.41 Å². The zero-order chi connectivity index (χ0) is 8.44. The Bertz CT molecular complexity index is 149. The predicted octanol–water partition coefficient (Wildman–Crippen LogP) is 1.14. The van der Waals surface area contributed by atoms with E-state index in [0.717, 1.165) is 19.6 Å². The molecule has 0 radical (unpaired) electrons. The maximum Gasteiger partial charge on any atom is 0.0548 e. The molecular formula is C9H16O2S. The summed E-state index contributed by atoms with van der Waals surface area (Å²) in [5.74, 6) is 3.20. The molecule has 0 amide bonds. The Hall–Kier alpha value is 0.270. The number of aliphatic hydroxyl groups is 1. The molecule has 0 aromatic heterocycles. The Morgan fingerprint density at radius 1 is 1.58 bits per heavy atom. The van der Waals surface area contributed by atoms with Crippen LogP contribution in [0.25, 0.3) is 0 Å². The van der Waals surface area contributed by atoms with Gasteiger partial charge in [-0.15, -0.1) is 0 Å². The SMILES string of the molecule is OCC1(C2CCSC2)CCOC1. The summed E-state index contributed by atoms with van der Waals surface area (Å²) in [7, 11) is 0. The number of aliphatic hydroxyl groups excluding tert-OH is 1. The fourth-order valence-electron chi connectivity index (χ4n) is 2.22. The van der Waals surface area contributed by atoms with Crippen molar-refractivity contribution in [2.45, 2.75) is 12.8 Å². The molecule has 0 aromatic rings. The van der Waals surface area contributed by atoms with Crippen molar-refractivity contribution in [3.05, 3.63) is 0 Å². The van der Waals surface area contributed by atoms with Gasteiger partial charge in [-0.1, -0.05) is 0 Å². The van der Waals surface area contributed by atoms with E-state index in [9.17, 15) is 5.11 Å². The topological polar surface area (TPSA) is 29.5 Å². The minimum atomic E-state index is 0.128. The van der Waals surface area contributed by atoms with Crippen molar-refractivity contribution >= 4 is 11.8 Å². The van der Waals surface area contributed by atoms with Crippen molar-refractivity contribution in [1.29, 1.82) is 0 Å². The van der Waals surface area contributed by atoms with Crippen molar-refractivity contribution in [3.8, 4) is 0 Å². The van der Waals surface area contributed by atoms with Crippen LogP contribution >= 0.6 is 11.8 Å². The third kappa shape index (κ3) is 1.38. The highest BCUT2D eigenvalue weighted by Gasteiger charge is 2.42. The van der Waals surface area contributed by atoms with E-state index in [1.807, 2.05) is 11.8 Å². The van der Waals surface area contributed by atoms with Crippen LogP contribution in [0.1, 0.15) is 12.8 Å². The average Bonchev–Trinajstić information content (AvgIpc) is 2.76. The minimum Gasteiger partial charge on any atom is -0.396 e. The van der Waals surface area contributed by atoms with E-state index in [2.05, 4.69) is 0 Å². The molecule has 12 heavy (non-hydrogen) atoms. The van der Waals surface area contributed by atoms with Gasteiger partial charge in [0.2, 0.25) is 0 Å². The number of ether oxygens (including phenoxy) is 1. The summed E-state index contributed by atoms with van der Waals surface area (Å²) in [5, 5.41) is 9.39. The summed E-state index contributed by atoms with van der Waals surface area (Å²) >= 11 is 2.02. The van der Waals surface area contributed by atoms with Crippen LogP contribution in [0.2, 0.25) is 0 Å². The third-order valence-corrected chi connectivity index (χ3v) is 4.41. The largest absolute Gasteiger partial charge is 0.396 e. The molecule has 2 saturated heterocycles. The highest BCUT2D eigenvalue weighted by atomic mass is 32.2. The van der Waals surface area contributed by atoms with Gasteiger partial charge >= 0.3 is 0 Å². The fraction of sp³-hybridized carbons (Fsp3) is 1.00. The summed E-state index contributed by atoms with van der Waals surface area (Å²) < 4.78 is 5.39. The summed E-state index contributed by atoms with van der Waals surface area (Å²) in [6.07, 6.45) is 2.34. The second kappa shape index (κ2) is 3.56. The molecule has 2 heterocycles. The van der Waals surface area contributed by atoms with Crippen LogP contribution in [0.15, 0.2) is 0 Å². The van der Waals surface area contributed by atoms with Crippen molar-refractivity contribution in [3.63, 3.8) is 0 Å². The summed E-state index contributed by atoms with van der Waals surface area (Å²) in [5.41, 5.74) is 0.128. The van der Waals surface area contributed by atoms with E-state index < -0.39 is 0 Å². The van der Waals surface area contributed by atoms with Gasteiger partial charge in [-0.25, -0.2) is 0 Å². The van der Waals surface area contributed by atoms with Crippen molar-refractivity contribution in [1.82, 2.24) is 0 Å². The van der Waals surface area contributed by atoms with Gasteiger partial charge in [0.1, 0.15) is 0 Å². The van der Waals surface area contributed by atoms with Crippen LogP contribution in [0.3, 0.4) is 0 Å². The Morgan fingerprint density at radius 3 is 3.00 bits per heavy atom. The van der Waals surface area contributed by atoms with Gasteiger partial charge in [-0.05, 0) is 30.3 Å². The van der Waals surface area contributed by atoms with Gasteiger partial charge in [0, 0.05) is 12.0 Å². The Morgan fingerprint density at radius 2 is 2.50 bits per heavy atom. The number of hydrogen-bond acceptors (Lipinski definition) is 3. The van der Waals surface area contributed by atoms with E-state index in [4.69, 9.17) is 4.74 Å². The number of thioether (sulfide) groups is 1. The Balaban J connectivity index is 2.04. The van der Waals surface area contributed by atoms with Gasteiger partial charge in [-0.3, -0.25) is 0 Å². The summed E-state index contributed by atoms with van der Waals surface area (Å²) in [6, 6.07) is 0. The second-order valence-corrected chi connectivity index (χ2v) is 5.03. The molecule has 2 aliphatic rings. The van der Waals surface area contributed by atoms with Crippen LogP contribution in [0.4, 0.5) is 0 Å². The zero-order valence-corrected chi connectivity index (χ0v) is 8.11. The number of rotatable bonds is 2. The van der Waals surface area contributed by atoms with Crippen LogP contribution in [0.5, 0.6) is 0 Å². The molecule has 1 N–H and O–H groups in total. The lowest BCUT2D eigenvalue weighted by Gasteiger charge is -2.31.